The summed E-state index contributed by atoms with van der Waals surface area (Å²) >= 11 is 12.5. The largest absolute Gasteiger partial charge is 0.477 e. The Morgan fingerprint density at radius 2 is 1.58 bits per heavy atom. The maximum absolute atomic E-state index is 12.2. The van der Waals surface area contributed by atoms with E-state index in [4.69, 9.17) is 47.3 Å². The Balaban J connectivity index is 0.000000238. The highest BCUT2D eigenvalue weighted by Gasteiger charge is 2.16. The number of ether oxygens (including phenoxy) is 4. The molecule has 2 N–H and O–H groups in total. The average molecular weight is 628 g/mol. The van der Waals surface area contributed by atoms with Gasteiger partial charge in [-0.2, -0.15) is 4.98 Å². The summed E-state index contributed by atoms with van der Waals surface area (Å²) in [5.41, 5.74) is 3.41. The zero-order chi connectivity index (χ0) is 31.2. The number of nitrogens with zero attached hydrogens (tertiary/aromatic N) is 1. The van der Waals surface area contributed by atoms with Crippen LogP contribution in [-0.2, 0) is 16.1 Å². The number of aryl methyl sites for hydroxylation is 1. The van der Waals surface area contributed by atoms with E-state index in [-0.39, 0.29) is 18.2 Å². The molecule has 0 radical (unpaired) electrons. The lowest BCUT2D eigenvalue weighted by Gasteiger charge is -2.15. The molecule has 1 aromatic heterocycles. The van der Waals surface area contributed by atoms with E-state index in [1.54, 1.807) is 37.3 Å². The molecular formula is C32H32Cl2N2O7. The molecule has 0 unspecified atom stereocenters. The number of halogens is 2. The monoisotopic (exact) mass is 626 g/mol. The van der Waals surface area contributed by atoms with E-state index < -0.39 is 11.9 Å². The minimum absolute atomic E-state index is 0.0268. The zero-order valence-corrected chi connectivity index (χ0v) is 25.4. The molecule has 43 heavy (non-hydrogen) atoms. The van der Waals surface area contributed by atoms with Crippen molar-refractivity contribution in [2.24, 2.45) is 0 Å². The van der Waals surface area contributed by atoms with Gasteiger partial charge in [-0.3, -0.25) is 0 Å². The number of aromatic carboxylic acids is 1. The van der Waals surface area contributed by atoms with Gasteiger partial charge in [-0.15, -0.1) is 0 Å². The van der Waals surface area contributed by atoms with Gasteiger partial charge < -0.3 is 29.4 Å². The van der Waals surface area contributed by atoms with Gasteiger partial charge in [-0.05, 0) is 56.2 Å². The molecule has 0 spiro atoms. The number of rotatable bonds is 12. The number of aromatic nitrogens is 1. The minimum atomic E-state index is -1.07. The first-order chi connectivity index (χ1) is 20.7. The van der Waals surface area contributed by atoms with Crippen LogP contribution in [0.4, 0.5) is 11.4 Å². The highest BCUT2D eigenvalue weighted by Crippen LogP contribution is 2.36. The van der Waals surface area contributed by atoms with Crippen molar-refractivity contribution in [3.05, 3.63) is 111 Å². The van der Waals surface area contributed by atoms with E-state index in [2.05, 4.69) is 10.3 Å². The fraction of sp³-hybridized carbons (Fsp3) is 0.219. The molecule has 0 saturated carbocycles. The van der Waals surface area contributed by atoms with Gasteiger partial charge in [-0.25, -0.2) is 9.59 Å². The number of benzene rings is 3. The molecule has 9 nitrogen and oxygen atoms in total. The molecule has 0 atom stereocenters. The van der Waals surface area contributed by atoms with Crippen molar-refractivity contribution in [3.63, 3.8) is 0 Å². The van der Waals surface area contributed by atoms with Crippen molar-refractivity contribution < 1.29 is 33.6 Å². The number of esters is 1. The van der Waals surface area contributed by atoms with E-state index in [0.717, 1.165) is 11.1 Å². The SMILES string of the molecule is CCOCOC(=O)c1ccccc1Nc1c(Cl)ccc(C)c1Cl.CCOc1nc(OCc2ccccc2)ccc1C(=O)O. The highest BCUT2D eigenvalue weighted by atomic mass is 35.5. The van der Waals surface area contributed by atoms with Crippen LogP contribution in [0, 0.1) is 6.92 Å². The number of carbonyl (C=O) groups excluding carboxylic acids is 1. The lowest BCUT2D eigenvalue weighted by atomic mass is 10.1. The molecule has 4 aromatic rings. The van der Waals surface area contributed by atoms with Crippen LogP contribution < -0.4 is 14.8 Å². The lowest BCUT2D eigenvalue weighted by molar-refractivity contribution is -0.0273. The van der Waals surface area contributed by atoms with Crippen LogP contribution in [0.15, 0.2) is 78.9 Å². The fourth-order valence-electron chi connectivity index (χ4n) is 3.58. The van der Waals surface area contributed by atoms with Crippen LogP contribution in [0.2, 0.25) is 10.0 Å². The number of anilines is 2. The lowest BCUT2D eigenvalue weighted by Crippen LogP contribution is -2.11. The third-order valence-corrected chi connectivity index (χ3v) is 6.55. The van der Waals surface area contributed by atoms with Crippen LogP contribution >= 0.6 is 23.2 Å². The van der Waals surface area contributed by atoms with E-state index >= 15 is 0 Å². The number of hydrogen-bond acceptors (Lipinski definition) is 8. The first kappa shape index (κ1) is 33.2. The van der Waals surface area contributed by atoms with E-state index in [1.165, 1.54) is 12.1 Å². The van der Waals surface area contributed by atoms with Crippen LogP contribution in [0.25, 0.3) is 0 Å². The van der Waals surface area contributed by atoms with Gasteiger partial charge in [0.15, 0.2) is 6.79 Å². The summed E-state index contributed by atoms with van der Waals surface area (Å²) in [6, 6.07) is 23.2. The van der Waals surface area contributed by atoms with E-state index in [1.807, 2.05) is 50.2 Å². The summed E-state index contributed by atoms with van der Waals surface area (Å²) in [4.78, 5) is 27.3. The third kappa shape index (κ3) is 9.89. The molecule has 0 fully saturated rings. The number of carboxylic acid groups (broad SMARTS) is 1. The standard InChI is InChI=1S/C17H17Cl2NO3.C15H15NO4/c1-3-22-10-23-17(21)12-6-4-5-7-14(12)20-16-13(18)9-8-11(2)15(16)19;1-2-19-14-12(15(17)18)8-9-13(16-14)20-10-11-6-4-3-5-7-11/h4-9,20H,3,10H2,1-2H3;3-9H,2,10H2,1H3,(H,17,18). The van der Waals surface area contributed by atoms with Gasteiger partial charge in [-0.1, -0.05) is 71.7 Å². The van der Waals surface area contributed by atoms with Crippen LogP contribution in [0.3, 0.4) is 0 Å². The number of para-hydroxylation sites is 1. The third-order valence-electron chi connectivity index (χ3n) is 5.74. The summed E-state index contributed by atoms with van der Waals surface area (Å²) in [5.74, 6) is -1.15. The van der Waals surface area contributed by atoms with E-state index in [0.29, 0.717) is 52.7 Å². The number of hydrogen-bond donors (Lipinski definition) is 2. The topological polar surface area (TPSA) is 116 Å². The molecule has 226 valence electrons. The van der Waals surface area contributed by atoms with Crippen molar-refractivity contribution in [1.29, 1.82) is 0 Å². The van der Waals surface area contributed by atoms with Gasteiger partial charge in [0.05, 0.1) is 33.6 Å². The summed E-state index contributed by atoms with van der Waals surface area (Å²) in [6.45, 7) is 6.57. The summed E-state index contributed by atoms with van der Waals surface area (Å²) in [6.07, 6.45) is 0. The highest BCUT2D eigenvalue weighted by molar-refractivity contribution is 6.39. The summed E-state index contributed by atoms with van der Waals surface area (Å²) < 4.78 is 20.8. The Kier molecular flexibility index (Phi) is 13.1. The maximum atomic E-state index is 12.2. The zero-order valence-electron chi connectivity index (χ0n) is 23.9. The van der Waals surface area contributed by atoms with Gasteiger partial charge in [0.2, 0.25) is 11.8 Å². The molecule has 4 rings (SSSR count). The van der Waals surface area contributed by atoms with E-state index in [9.17, 15) is 9.59 Å². The molecule has 0 aliphatic rings. The normalized spacial score (nSPS) is 10.3. The maximum Gasteiger partial charge on any atom is 0.342 e. The number of pyridine rings is 1. The first-order valence-corrected chi connectivity index (χ1v) is 14.1. The van der Waals surface area contributed by atoms with Gasteiger partial charge >= 0.3 is 11.9 Å². The molecule has 0 aliphatic carbocycles. The molecule has 0 aliphatic heterocycles. The molecule has 3 aromatic carbocycles. The van der Waals surface area contributed by atoms with Crippen LogP contribution in [0.5, 0.6) is 11.8 Å². The number of carboxylic acids is 1. The minimum Gasteiger partial charge on any atom is -0.477 e. The average Bonchev–Trinajstić information content (AvgIpc) is 3.01. The quantitative estimate of drug-likeness (QED) is 0.0917. The molecule has 11 heteroatoms. The Labute approximate surface area is 260 Å². The van der Waals surface area contributed by atoms with Crippen molar-refractivity contribution >= 4 is 46.5 Å². The fourth-order valence-corrected chi connectivity index (χ4v) is 4.04. The second-order valence-corrected chi connectivity index (χ2v) is 9.57. The van der Waals surface area contributed by atoms with Crippen molar-refractivity contribution in [1.82, 2.24) is 4.98 Å². The van der Waals surface area contributed by atoms with Crippen LogP contribution in [0.1, 0.15) is 45.7 Å². The van der Waals surface area contributed by atoms with Crippen molar-refractivity contribution in [2.75, 3.05) is 25.3 Å². The molecule has 0 amide bonds. The molecule has 1 heterocycles. The molecule has 0 bridgehead atoms. The summed E-state index contributed by atoms with van der Waals surface area (Å²) in [7, 11) is 0. The Bertz CT molecular complexity index is 1520. The molecular weight excluding hydrogens is 595 g/mol. The van der Waals surface area contributed by atoms with Crippen molar-refractivity contribution in [2.45, 2.75) is 27.4 Å². The Morgan fingerprint density at radius 1 is 0.860 bits per heavy atom. The molecule has 0 saturated heterocycles. The van der Waals surface area contributed by atoms with Gasteiger partial charge in [0.25, 0.3) is 0 Å². The number of carbonyl (C=O) groups is 2. The van der Waals surface area contributed by atoms with Crippen LogP contribution in [-0.4, -0.2) is 42.0 Å². The predicted molar refractivity (Wildman–Crippen MR) is 166 cm³/mol. The van der Waals surface area contributed by atoms with Gasteiger partial charge in [0, 0.05) is 12.7 Å². The first-order valence-electron chi connectivity index (χ1n) is 13.3. The number of nitrogens with one attached hydrogen (secondary N) is 1. The Morgan fingerprint density at radius 3 is 2.28 bits per heavy atom. The predicted octanol–water partition coefficient (Wildman–Crippen LogP) is 7.95. The van der Waals surface area contributed by atoms with Crippen molar-refractivity contribution in [3.8, 4) is 11.8 Å². The Hall–Kier alpha value is -4.31. The summed E-state index contributed by atoms with van der Waals surface area (Å²) in [5, 5.41) is 13.1. The second kappa shape index (κ2) is 17.0. The van der Waals surface area contributed by atoms with Gasteiger partial charge in [0.1, 0.15) is 12.2 Å². The second-order valence-electron chi connectivity index (χ2n) is 8.78. The smallest absolute Gasteiger partial charge is 0.342 e.